The number of carbonyl (C=O) groups is 6. The van der Waals surface area contributed by atoms with Crippen LogP contribution < -0.4 is 21.7 Å². The van der Waals surface area contributed by atoms with Crippen LogP contribution in [0.15, 0.2) is 30.3 Å². The minimum Gasteiger partial charge on any atom is -0.379 e. The highest BCUT2D eigenvalue weighted by atomic mass is 16.5. The number of likely N-dealkylation sites (tertiary alicyclic amines) is 2. The third kappa shape index (κ3) is 19.0. The summed E-state index contributed by atoms with van der Waals surface area (Å²) in [6, 6.07) is 6.45. The van der Waals surface area contributed by atoms with Crippen molar-refractivity contribution in [2.24, 2.45) is 41.2 Å². The van der Waals surface area contributed by atoms with Crippen molar-refractivity contribution in [3.63, 3.8) is 0 Å². The van der Waals surface area contributed by atoms with Gasteiger partial charge < -0.3 is 50.6 Å². The lowest BCUT2D eigenvalue weighted by Crippen LogP contribution is -2.58. The molecule has 0 aromatic heterocycles. The summed E-state index contributed by atoms with van der Waals surface area (Å²) < 4.78 is 16.6. The molecule has 2 heterocycles. The molecule has 17 heteroatoms. The number of nitrogens with zero attached hydrogens (tertiary/aromatic N) is 4. The number of rotatable bonds is 33. The molecule has 0 saturated carbocycles. The lowest BCUT2D eigenvalue weighted by atomic mass is 9.84. The number of amides is 6. The SMILES string of the molecule is CCC(C)C(C(C)CC(=O)N1CCCC1C(C)C(C)C(=O)N[C@@H](Cc1ccccc1)C(=O)N1CCC[C@@H]1C(=O)NCCCOCCOCCOCCCN)N(C)C(=O)[C@@H](NC(=O)C(C(C)C)N(C)C)C(C)C. The van der Waals surface area contributed by atoms with E-state index in [1.807, 2.05) is 103 Å². The lowest BCUT2D eigenvalue weighted by Gasteiger charge is -2.40. The van der Waals surface area contributed by atoms with Crippen LogP contribution in [0.25, 0.3) is 0 Å². The Labute approximate surface area is 433 Å². The molecule has 0 aliphatic carbocycles. The summed E-state index contributed by atoms with van der Waals surface area (Å²) >= 11 is 0. The fraction of sp³-hybridized carbons (Fsp3) is 0.782. The Balaban J connectivity index is 1.65. The van der Waals surface area contributed by atoms with Gasteiger partial charge in [0.1, 0.15) is 18.1 Å². The Morgan fingerprint density at radius 1 is 0.736 bits per heavy atom. The Kier molecular flexibility index (Phi) is 27.8. The molecule has 2 aliphatic heterocycles. The van der Waals surface area contributed by atoms with Gasteiger partial charge in [0.25, 0.3) is 0 Å². The van der Waals surface area contributed by atoms with Crippen molar-refractivity contribution in [3.8, 4) is 0 Å². The number of hydrogen-bond donors (Lipinski definition) is 4. The van der Waals surface area contributed by atoms with Crippen molar-refractivity contribution in [3.05, 3.63) is 35.9 Å². The van der Waals surface area contributed by atoms with Crippen molar-refractivity contribution in [1.29, 1.82) is 0 Å². The Hall–Kier alpha value is -4.16. The molecule has 2 aliphatic rings. The molecule has 10 atom stereocenters. The predicted octanol–water partition coefficient (Wildman–Crippen LogP) is 4.50. The van der Waals surface area contributed by atoms with Crippen molar-refractivity contribution in [2.75, 3.05) is 87.0 Å². The van der Waals surface area contributed by atoms with E-state index in [4.69, 9.17) is 19.9 Å². The second-order valence-electron chi connectivity index (χ2n) is 21.4. The molecule has 17 nitrogen and oxygen atoms in total. The average molecular weight is 1010 g/mol. The highest BCUT2D eigenvalue weighted by molar-refractivity contribution is 5.93. The van der Waals surface area contributed by atoms with Gasteiger partial charge in [0, 0.05) is 70.7 Å². The van der Waals surface area contributed by atoms with Crippen LogP contribution in [0.2, 0.25) is 0 Å². The molecular formula is C55H96N8O9. The smallest absolute Gasteiger partial charge is 0.246 e. The predicted molar refractivity (Wildman–Crippen MR) is 283 cm³/mol. The van der Waals surface area contributed by atoms with Gasteiger partial charge in [-0.15, -0.1) is 0 Å². The molecule has 6 amide bonds. The van der Waals surface area contributed by atoms with E-state index >= 15 is 0 Å². The van der Waals surface area contributed by atoms with Crippen LogP contribution >= 0.6 is 0 Å². The summed E-state index contributed by atoms with van der Waals surface area (Å²) in [6.07, 6.45) is 5.46. The van der Waals surface area contributed by atoms with Gasteiger partial charge in [-0.1, -0.05) is 99.1 Å². The minimum atomic E-state index is -0.899. The highest BCUT2D eigenvalue weighted by Crippen LogP contribution is 2.32. The van der Waals surface area contributed by atoms with Gasteiger partial charge in [-0.05, 0) is 94.3 Å². The van der Waals surface area contributed by atoms with E-state index in [-0.39, 0.29) is 96.0 Å². The molecule has 1 aromatic carbocycles. The van der Waals surface area contributed by atoms with E-state index in [2.05, 4.69) is 29.8 Å². The van der Waals surface area contributed by atoms with E-state index in [0.29, 0.717) is 85.1 Å². The standard InChI is InChI=1S/C55H96N8O9/c1-13-39(6)50(61(12)55(69)48(37(2)3)59-53(67)49(38(4)5)60(10)11)40(7)35-47(64)62-27-17-23-45(62)41(8)42(9)51(65)58-44(36-43-21-15-14-16-22-43)54(68)63-28-18-24-46(63)52(66)57-26-20-30-71-32-34-72-33-31-70-29-19-25-56/h14-16,21-22,37-42,44-46,48-50H,13,17-20,23-36,56H2,1-12H3,(H,57,66)(H,58,65)(H,59,67)/t39?,40?,41?,42?,44-,45?,46+,48-,49?,50?/m0/s1. The van der Waals surface area contributed by atoms with Crippen LogP contribution in [0.4, 0.5) is 0 Å². The van der Waals surface area contributed by atoms with Crippen LogP contribution in [-0.2, 0) is 49.4 Å². The first-order valence-electron chi connectivity index (χ1n) is 27.2. The second kappa shape index (κ2) is 32.2. The molecule has 410 valence electrons. The van der Waals surface area contributed by atoms with E-state index in [1.54, 1.807) is 16.8 Å². The van der Waals surface area contributed by atoms with Gasteiger partial charge in [-0.2, -0.15) is 0 Å². The number of ether oxygens (including phenoxy) is 3. The van der Waals surface area contributed by atoms with Crippen LogP contribution in [0, 0.1) is 35.5 Å². The summed E-state index contributed by atoms with van der Waals surface area (Å²) in [5.74, 6) is -2.14. The lowest BCUT2D eigenvalue weighted by molar-refractivity contribution is -0.143. The molecule has 1 aromatic rings. The normalized spacial score (nSPS) is 19.4. The number of nitrogens with one attached hydrogen (secondary N) is 3. The topological polar surface area (TPSA) is 205 Å². The van der Waals surface area contributed by atoms with Gasteiger partial charge in [0.15, 0.2) is 0 Å². The fourth-order valence-corrected chi connectivity index (χ4v) is 10.6. The van der Waals surface area contributed by atoms with E-state index in [9.17, 15) is 28.8 Å². The zero-order chi connectivity index (χ0) is 53.5. The first-order valence-corrected chi connectivity index (χ1v) is 27.2. The van der Waals surface area contributed by atoms with Crippen LogP contribution in [0.1, 0.15) is 119 Å². The molecule has 0 radical (unpaired) electrons. The average Bonchev–Trinajstić information content (AvgIpc) is 4.05. The third-order valence-corrected chi connectivity index (χ3v) is 15.0. The van der Waals surface area contributed by atoms with Gasteiger partial charge >= 0.3 is 0 Å². The largest absolute Gasteiger partial charge is 0.379 e. The number of likely N-dealkylation sites (N-methyl/N-ethyl adjacent to an activating group) is 2. The maximum absolute atomic E-state index is 14.5. The van der Waals surface area contributed by atoms with Gasteiger partial charge in [-0.3, -0.25) is 33.7 Å². The number of hydrogen-bond acceptors (Lipinski definition) is 11. The minimum absolute atomic E-state index is 0.0116. The van der Waals surface area contributed by atoms with Crippen LogP contribution in [0.5, 0.6) is 0 Å². The maximum Gasteiger partial charge on any atom is 0.246 e. The molecule has 3 rings (SSSR count). The maximum atomic E-state index is 14.5. The Morgan fingerprint density at radius 2 is 1.33 bits per heavy atom. The zero-order valence-electron chi connectivity index (χ0n) is 46.3. The monoisotopic (exact) mass is 1010 g/mol. The highest BCUT2D eigenvalue weighted by Gasteiger charge is 2.42. The zero-order valence-corrected chi connectivity index (χ0v) is 46.3. The van der Waals surface area contributed by atoms with E-state index in [1.165, 1.54) is 0 Å². The van der Waals surface area contributed by atoms with E-state index in [0.717, 1.165) is 31.2 Å². The van der Waals surface area contributed by atoms with E-state index < -0.39 is 24.0 Å². The third-order valence-electron chi connectivity index (χ3n) is 15.0. The molecule has 2 fully saturated rings. The number of carbonyl (C=O) groups excluding carboxylic acids is 6. The Morgan fingerprint density at radius 3 is 1.92 bits per heavy atom. The molecule has 7 unspecified atom stereocenters. The molecule has 72 heavy (non-hydrogen) atoms. The van der Waals surface area contributed by atoms with Gasteiger partial charge in [0.2, 0.25) is 35.4 Å². The quantitative estimate of drug-likeness (QED) is 0.0722. The summed E-state index contributed by atoms with van der Waals surface area (Å²) in [6.45, 7) is 22.9. The Bertz CT molecular complexity index is 1790. The summed E-state index contributed by atoms with van der Waals surface area (Å²) in [5.41, 5.74) is 6.35. The summed E-state index contributed by atoms with van der Waals surface area (Å²) in [4.78, 5) is 91.8. The van der Waals surface area contributed by atoms with Crippen molar-refractivity contribution < 1.29 is 43.0 Å². The number of nitrogens with two attached hydrogens (primary N) is 1. The van der Waals surface area contributed by atoms with Crippen molar-refractivity contribution in [1.82, 2.24) is 35.6 Å². The first kappa shape index (κ1) is 62.1. The molecule has 0 spiro atoms. The van der Waals surface area contributed by atoms with Crippen LogP contribution in [-0.4, -0.2) is 178 Å². The van der Waals surface area contributed by atoms with Gasteiger partial charge in [0.05, 0.1) is 32.5 Å². The molecular weight excluding hydrogens is 917 g/mol. The molecule has 2 saturated heterocycles. The van der Waals surface area contributed by atoms with Crippen LogP contribution in [0.3, 0.4) is 0 Å². The van der Waals surface area contributed by atoms with Crippen molar-refractivity contribution in [2.45, 2.75) is 156 Å². The number of benzene rings is 1. The molecule has 5 N–H and O–H groups in total. The molecule has 0 bridgehead atoms. The fourth-order valence-electron chi connectivity index (χ4n) is 10.6. The second-order valence-corrected chi connectivity index (χ2v) is 21.4. The summed E-state index contributed by atoms with van der Waals surface area (Å²) in [7, 11) is 5.53. The first-order chi connectivity index (χ1) is 34.3. The summed E-state index contributed by atoms with van der Waals surface area (Å²) in [5, 5.41) is 9.18. The van der Waals surface area contributed by atoms with Crippen molar-refractivity contribution >= 4 is 35.4 Å². The van der Waals surface area contributed by atoms with Gasteiger partial charge in [-0.25, -0.2) is 0 Å².